The van der Waals surface area contributed by atoms with Gasteiger partial charge in [-0.25, -0.2) is 4.99 Å². The van der Waals surface area contributed by atoms with E-state index in [1.165, 1.54) is 0 Å². The van der Waals surface area contributed by atoms with Crippen LogP contribution in [0.3, 0.4) is 0 Å². The summed E-state index contributed by atoms with van der Waals surface area (Å²) in [5.74, 6) is -0.222. The van der Waals surface area contributed by atoms with E-state index in [2.05, 4.69) is 11.7 Å². The quantitative estimate of drug-likeness (QED) is 0.401. The summed E-state index contributed by atoms with van der Waals surface area (Å²) in [6, 6.07) is 0. The molecule has 0 aromatic rings. The van der Waals surface area contributed by atoms with Gasteiger partial charge in [-0.15, -0.1) is 0 Å². The lowest BCUT2D eigenvalue weighted by molar-refractivity contribution is 0.587. The minimum Gasteiger partial charge on any atom is -0.236 e. The Kier molecular flexibility index (Phi) is 3.13. The number of halogens is 1. The molecule has 0 saturated heterocycles. The molecule has 0 aliphatic rings. The molecule has 0 rings (SSSR count). The molecule has 0 saturated carbocycles. The lowest BCUT2D eigenvalue weighted by Crippen LogP contribution is -1.90. The van der Waals surface area contributed by atoms with Gasteiger partial charge in [0.1, 0.15) is 0 Å². The minimum absolute atomic E-state index is 0.218. The molecule has 0 N–H and O–H groups in total. The highest BCUT2D eigenvalue weighted by atomic mass is 19.1. The normalized spacial score (nSPS) is 13.4. The lowest BCUT2D eigenvalue weighted by atomic mass is 10.1. The first kappa shape index (κ1) is 8.34. The van der Waals surface area contributed by atoms with Crippen LogP contribution in [-0.2, 0) is 0 Å². The third kappa shape index (κ3) is 2.40. The summed E-state index contributed by atoms with van der Waals surface area (Å²) < 4.78 is 12.4. The van der Waals surface area contributed by atoms with Crippen molar-refractivity contribution in [3.63, 3.8) is 0 Å². The average molecular weight is 129 g/mol. The highest BCUT2D eigenvalue weighted by molar-refractivity contribution is 5.28. The van der Waals surface area contributed by atoms with Crippen LogP contribution >= 0.6 is 0 Å². The molecule has 0 aliphatic heterocycles. The summed E-state index contributed by atoms with van der Waals surface area (Å²) in [5.41, 5.74) is 0.657. The van der Waals surface area contributed by atoms with Gasteiger partial charge in [0.15, 0.2) is 0 Å². The van der Waals surface area contributed by atoms with Crippen molar-refractivity contribution < 1.29 is 4.39 Å². The third-order valence-electron chi connectivity index (χ3n) is 1.33. The SMILES string of the molecule is C=N/C(F)=C(\C)C(C)C. The standard InChI is InChI=1S/C7H12FN/c1-5(2)6(3)7(8)9-4/h5H,4H2,1-3H3/b7-6+. The molecule has 0 fully saturated rings. The van der Waals surface area contributed by atoms with Gasteiger partial charge in [-0.3, -0.25) is 0 Å². The number of allylic oxidation sites excluding steroid dienone is 1. The fourth-order valence-corrected chi connectivity index (χ4v) is 0.363. The van der Waals surface area contributed by atoms with Gasteiger partial charge in [0.2, 0.25) is 5.95 Å². The Labute approximate surface area is 55.3 Å². The Morgan fingerprint density at radius 1 is 1.56 bits per heavy atom. The summed E-state index contributed by atoms with van der Waals surface area (Å²) in [6.45, 7) is 8.63. The highest BCUT2D eigenvalue weighted by Gasteiger charge is 2.01. The minimum atomic E-state index is -0.440. The van der Waals surface area contributed by atoms with Gasteiger partial charge in [-0.05, 0) is 25.1 Å². The Hall–Kier alpha value is -0.660. The fraction of sp³-hybridized carbons (Fsp3) is 0.571. The van der Waals surface area contributed by atoms with Crippen molar-refractivity contribution in [2.24, 2.45) is 10.9 Å². The van der Waals surface area contributed by atoms with Crippen LogP contribution in [0.15, 0.2) is 16.5 Å². The van der Waals surface area contributed by atoms with Gasteiger partial charge in [0.25, 0.3) is 0 Å². The van der Waals surface area contributed by atoms with Crippen LogP contribution in [0, 0.1) is 5.92 Å². The van der Waals surface area contributed by atoms with Crippen LogP contribution in [0.2, 0.25) is 0 Å². The van der Waals surface area contributed by atoms with Crippen molar-refractivity contribution in [3.8, 4) is 0 Å². The zero-order valence-corrected chi connectivity index (χ0v) is 6.11. The topological polar surface area (TPSA) is 12.4 Å². The Morgan fingerprint density at radius 3 is 2.11 bits per heavy atom. The lowest BCUT2D eigenvalue weighted by Gasteiger charge is -2.02. The Morgan fingerprint density at radius 2 is 2.00 bits per heavy atom. The van der Waals surface area contributed by atoms with Crippen LogP contribution in [0.1, 0.15) is 20.8 Å². The molecule has 0 atom stereocenters. The number of rotatable bonds is 2. The van der Waals surface area contributed by atoms with Crippen LogP contribution in [-0.4, -0.2) is 6.72 Å². The number of hydrogen-bond acceptors (Lipinski definition) is 1. The average Bonchev–Trinajstić information content (AvgIpc) is 1.84. The van der Waals surface area contributed by atoms with Gasteiger partial charge >= 0.3 is 0 Å². The van der Waals surface area contributed by atoms with Crippen molar-refractivity contribution in [1.29, 1.82) is 0 Å². The summed E-state index contributed by atoms with van der Waals surface area (Å²) in [4.78, 5) is 3.17. The molecule has 0 spiro atoms. The van der Waals surface area contributed by atoms with Crippen LogP contribution < -0.4 is 0 Å². The van der Waals surface area contributed by atoms with E-state index in [1.54, 1.807) is 6.92 Å². The first-order chi connectivity index (χ1) is 4.09. The van der Waals surface area contributed by atoms with Gasteiger partial charge in [-0.1, -0.05) is 13.8 Å². The molecule has 1 nitrogen and oxygen atoms in total. The first-order valence-electron chi connectivity index (χ1n) is 2.92. The molecule has 0 heterocycles. The molecule has 0 aromatic heterocycles. The van der Waals surface area contributed by atoms with Crippen LogP contribution in [0.4, 0.5) is 4.39 Å². The van der Waals surface area contributed by atoms with Crippen molar-refractivity contribution in [2.45, 2.75) is 20.8 Å². The molecule has 52 valence electrons. The van der Waals surface area contributed by atoms with Crippen molar-refractivity contribution in [3.05, 3.63) is 11.5 Å². The smallest absolute Gasteiger partial charge is 0.211 e. The molecule has 2 heteroatoms. The largest absolute Gasteiger partial charge is 0.236 e. The van der Waals surface area contributed by atoms with Crippen molar-refractivity contribution >= 4 is 6.72 Å². The van der Waals surface area contributed by atoms with E-state index in [4.69, 9.17) is 0 Å². The maximum Gasteiger partial charge on any atom is 0.211 e. The third-order valence-corrected chi connectivity index (χ3v) is 1.33. The molecule has 0 radical (unpaired) electrons. The zero-order chi connectivity index (χ0) is 7.44. The Bertz CT molecular complexity index is 136. The van der Waals surface area contributed by atoms with E-state index < -0.39 is 5.95 Å². The fourth-order valence-electron chi connectivity index (χ4n) is 0.363. The zero-order valence-electron chi connectivity index (χ0n) is 6.11. The predicted molar refractivity (Wildman–Crippen MR) is 38.2 cm³/mol. The molecule has 9 heavy (non-hydrogen) atoms. The summed E-state index contributed by atoms with van der Waals surface area (Å²) in [5, 5.41) is 0. The van der Waals surface area contributed by atoms with E-state index in [9.17, 15) is 4.39 Å². The van der Waals surface area contributed by atoms with E-state index in [0.29, 0.717) is 5.57 Å². The first-order valence-corrected chi connectivity index (χ1v) is 2.92. The number of hydrogen-bond donors (Lipinski definition) is 0. The second kappa shape index (κ2) is 3.38. The van der Waals surface area contributed by atoms with Gasteiger partial charge < -0.3 is 0 Å². The molecule has 0 aromatic carbocycles. The van der Waals surface area contributed by atoms with Crippen molar-refractivity contribution in [2.75, 3.05) is 0 Å². The highest BCUT2D eigenvalue weighted by Crippen LogP contribution is 2.14. The molecule has 0 bridgehead atoms. The van der Waals surface area contributed by atoms with Crippen LogP contribution in [0.5, 0.6) is 0 Å². The predicted octanol–water partition coefficient (Wildman–Crippen LogP) is 2.54. The van der Waals surface area contributed by atoms with E-state index in [0.717, 1.165) is 0 Å². The summed E-state index contributed by atoms with van der Waals surface area (Å²) in [7, 11) is 0. The number of aliphatic imine (C=N–C) groups is 1. The second-order valence-electron chi connectivity index (χ2n) is 2.29. The molecular weight excluding hydrogens is 117 g/mol. The number of nitrogens with zero attached hydrogens (tertiary/aromatic N) is 1. The molecule has 0 unspecified atom stereocenters. The second-order valence-corrected chi connectivity index (χ2v) is 2.29. The van der Waals surface area contributed by atoms with E-state index in [-0.39, 0.29) is 5.92 Å². The van der Waals surface area contributed by atoms with Crippen molar-refractivity contribution in [1.82, 2.24) is 0 Å². The summed E-state index contributed by atoms with van der Waals surface area (Å²) >= 11 is 0. The molecule has 0 amide bonds. The molecule has 0 aliphatic carbocycles. The van der Waals surface area contributed by atoms with Crippen LogP contribution in [0.25, 0.3) is 0 Å². The van der Waals surface area contributed by atoms with E-state index in [1.807, 2.05) is 13.8 Å². The molecular formula is C7H12FN. The van der Waals surface area contributed by atoms with Gasteiger partial charge in [0.05, 0.1) is 0 Å². The van der Waals surface area contributed by atoms with Gasteiger partial charge in [-0.2, -0.15) is 4.39 Å². The summed E-state index contributed by atoms with van der Waals surface area (Å²) in [6.07, 6.45) is 0. The monoisotopic (exact) mass is 129 g/mol. The van der Waals surface area contributed by atoms with E-state index >= 15 is 0 Å². The maximum atomic E-state index is 12.4. The maximum absolute atomic E-state index is 12.4. The Balaban J connectivity index is 4.27. The van der Waals surface area contributed by atoms with Gasteiger partial charge in [0, 0.05) is 0 Å².